The standard InChI is InChI=1S/C20H24N2O5/c1-22(13-17-14-26-18-5-3-4-6-19(18)27-17)20(23)21-15-7-9-16(10-8-15)25-12-11-24-2/h3-10,17H,11-14H2,1-2H3,(H,21,23). The number of anilines is 1. The van der Waals surface area contributed by atoms with Gasteiger partial charge in [-0.1, -0.05) is 12.1 Å². The van der Waals surface area contributed by atoms with Gasteiger partial charge in [0.25, 0.3) is 0 Å². The molecule has 0 saturated carbocycles. The SMILES string of the molecule is COCCOc1ccc(NC(=O)N(C)CC2COc3ccccc3O2)cc1. The van der Waals surface area contributed by atoms with E-state index in [4.69, 9.17) is 18.9 Å². The molecule has 27 heavy (non-hydrogen) atoms. The van der Waals surface area contributed by atoms with Crippen molar-refractivity contribution in [2.75, 3.05) is 45.8 Å². The molecule has 3 rings (SSSR count). The maximum atomic E-state index is 12.4. The average Bonchev–Trinajstić information content (AvgIpc) is 2.69. The molecular weight excluding hydrogens is 348 g/mol. The van der Waals surface area contributed by atoms with E-state index in [9.17, 15) is 4.79 Å². The number of rotatable bonds is 7. The number of likely N-dealkylation sites (N-methyl/N-ethyl adjacent to an activating group) is 1. The topological polar surface area (TPSA) is 69.3 Å². The van der Waals surface area contributed by atoms with Crippen molar-refractivity contribution < 1.29 is 23.7 Å². The zero-order valence-corrected chi connectivity index (χ0v) is 15.5. The van der Waals surface area contributed by atoms with E-state index in [1.165, 1.54) is 0 Å². The van der Waals surface area contributed by atoms with Crippen LogP contribution in [-0.2, 0) is 4.74 Å². The molecule has 0 aromatic heterocycles. The average molecular weight is 372 g/mol. The van der Waals surface area contributed by atoms with Crippen LogP contribution in [0.15, 0.2) is 48.5 Å². The van der Waals surface area contributed by atoms with Crippen molar-refractivity contribution in [3.05, 3.63) is 48.5 Å². The predicted molar refractivity (Wildman–Crippen MR) is 102 cm³/mol. The van der Waals surface area contributed by atoms with Crippen molar-refractivity contribution in [2.24, 2.45) is 0 Å². The molecule has 0 spiro atoms. The first-order valence-electron chi connectivity index (χ1n) is 8.78. The summed E-state index contributed by atoms with van der Waals surface area (Å²) in [7, 11) is 3.35. The van der Waals surface area contributed by atoms with Gasteiger partial charge in [-0.2, -0.15) is 0 Å². The third-order valence-corrected chi connectivity index (χ3v) is 4.05. The molecule has 0 radical (unpaired) electrons. The zero-order valence-electron chi connectivity index (χ0n) is 15.5. The minimum Gasteiger partial charge on any atom is -0.491 e. The number of carbonyl (C=O) groups is 1. The summed E-state index contributed by atoms with van der Waals surface area (Å²) in [5.74, 6) is 2.16. The fourth-order valence-corrected chi connectivity index (χ4v) is 2.64. The Kier molecular flexibility index (Phi) is 6.38. The number of benzene rings is 2. The third-order valence-electron chi connectivity index (χ3n) is 4.05. The van der Waals surface area contributed by atoms with Crippen LogP contribution in [-0.4, -0.2) is 57.6 Å². The van der Waals surface area contributed by atoms with Crippen molar-refractivity contribution >= 4 is 11.7 Å². The highest BCUT2D eigenvalue weighted by Gasteiger charge is 2.23. The molecule has 1 N–H and O–H groups in total. The summed E-state index contributed by atoms with van der Waals surface area (Å²) in [6.45, 7) is 1.83. The largest absolute Gasteiger partial charge is 0.491 e. The smallest absolute Gasteiger partial charge is 0.321 e. The molecule has 0 bridgehead atoms. The number of methoxy groups -OCH3 is 1. The molecule has 1 aliphatic heterocycles. The summed E-state index contributed by atoms with van der Waals surface area (Å²) in [5.41, 5.74) is 0.692. The van der Waals surface area contributed by atoms with Crippen LogP contribution in [0.4, 0.5) is 10.5 Å². The summed E-state index contributed by atoms with van der Waals surface area (Å²) in [4.78, 5) is 14.0. The molecule has 1 unspecified atom stereocenters. The van der Waals surface area contributed by atoms with Crippen molar-refractivity contribution in [1.29, 1.82) is 0 Å². The van der Waals surface area contributed by atoms with Gasteiger partial charge in [0.1, 0.15) is 19.0 Å². The van der Waals surface area contributed by atoms with Gasteiger partial charge in [0, 0.05) is 19.8 Å². The van der Waals surface area contributed by atoms with Gasteiger partial charge in [0.05, 0.1) is 13.2 Å². The maximum absolute atomic E-state index is 12.4. The Morgan fingerprint density at radius 1 is 1.15 bits per heavy atom. The summed E-state index contributed by atoms with van der Waals surface area (Å²) in [5, 5.41) is 2.86. The number of nitrogens with one attached hydrogen (secondary N) is 1. The molecule has 2 amide bonds. The van der Waals surface area contributed by atoms with Gasteiger partial charge in [0.15, 0.2) is 17.6 Å². The van der Waals surface area contributed by atoms with Crippen LogP contribution in [0.3, 0.4) is 0 Å². The van der Waals surface area contributed by atoms with Crippen molar-refractivity contribution in [2.45, 2.75) is 6.10 Å². The second-order valence-corrected chi connectivity index (χ2v) is 6.17. The fourth-order valence-electron chi connectivity index (χ4n) is 2.64. The van der Waals surface area contributed by atoms with Crippen LogP contribution in [0.1, 0.15) is 0 Å². The van der Waals surface area contributed by atoms with Crippen LogP contribution in [0.2, 0.25) is 0 Å². The minimum atomic E-state index is -0.217. The predicted octanol–water partition coefficient (Wildman–Crippen LogP) is 3.02. The van der Waals surface area contributed by atoms with Gasteiger partial charge in [-0.05, 0) is 36.4 Å². The monoisotopic (exact) mass is 372 g/mol. The lowest BCUT2D eigenvalue weighted by Crippen LogP contribution is -2.43. The Morgan fingerprint density at radius 3 is 2.63 bits per heavy atom. The number of hydrogen-bond acceptors (Lipinski definition) is 5. The van der Waals surface area contributed by atoms with E-state index in [1.54, 1.807) is 43.3 Å². The van der Waals surface area contributed by atoms with Gasteiger partial charge in [-0.3, -0.25) is 0 Å². The zero-order chi connectivity index (χ0) is 19.1. The van der Waals surface area contributed by atoms with E-state index in [0.29, 0.717) is 37.8 Å². The summed E-state index contributed by atoms with van der Waals surface area (Å²) in [6.07, 6.45) is -0.216. The first kappa shape index (κ1) is 18.8. The number of nitrogens with zero attached hydrogens (tertiary/aromatic N) is 1. The number of hydrogen-bond donors (Lipinski definition) is 1. The van der Waals surface area contributed by atoms with Crippen LogP contribution < -0.4 is 19.5 Å². The van der Waals surface area contributed by atoms with Crippen molar-refractivity contribution in [3.63, 3.8) is 0 Å². The second-order valence-electron chi connectivity index (χ2n) is 6.17. The summed E-state index contributed by atoms with van der Waals surface area (Å²) >= 11 is 0. The van der Waals surface area contributed by atoms with Gasteiger partial charge >= 0.3 is 6.03 Å². The number of urea groups is 1. The molecule has 0 fully saturated rings. The molecule has 0 saturated heterocycles. The van der Waals surface area contributed by atoms with Crippen LogP contribution in [0, 0.1) is 0 Å². The molecule has 2 aromatic rings. The van der Waals surface area contributed by atoms with Crippen LogP contribution >= 0.6 is 0 Å². The highest BCUT2D eigenvalue weighted by molar-refractivity contribution is 5.89. The molecule has 7 heteroatoms. The summed E-state index contributed by atoms with van der Waals surface area (Å²) in [6, 6.07) is 14.5. The third kappa shape index (κ3) is 5.27. The first-order chi connectivity index (χ1) is 13.2. The minimum absolute atomic E-state index is 0.216. The lowest BCUT2D eigenvalue weighted by Gasteiger charge is -2.29. The van der Waals surface area contributed by atoms with Crippen LogP contribution in [0.25, 0.3) is 0 Å². The van der Waals surface area contributed by atoms with Crippen LogP contribution in [0.5, 0.6) is 17.2 Å². The number of amides is 2. The van der Waals surface area contributed by atoms with Crippen molar-refractivity contribution in [3.8, 4) is 17.2 Å². The molecule has 1 aliphatic rings. The second kappa shape index (κ2) is 9.14. The van der Waals surface area contributed by atoms with E-state index in [2.05, 4.69) is 5.32 Å². The highest BCUT2D eigenvalue weighted by Crippen LogP contribution is 2.31. The Bertz CT molecular complexity index is 750. The fraction of sp³-hybridized carbons (Fsp3) is 0.350. The Hall–Kier alpha value is -2.93. The lowest BCUT2D eigenvalue weighted by atomic mass is 10.2. The highest BCUT2D eigenvalue weighted by atomic mass is 16.6. The van der Waals surface area contributed by atoms with E-state index < -0.39 is 0 Å². The number of carbonyl (C=O) groups excluding carboxylic acids is 1. The molecule has 144 valence electrons. The van der Waals surface area contributed by atoms with Gasteiger partial charge in [-0.15, -0.1) is 0 Å². The van der Waals surface area contributed by atoms with E-state index in [-0.39, 0.29) is 12.1 Å². The lowest BCUT2D eigenvalue weighted by molar-refractivity contribution is 0.0731. The maximum Gasteiger partial charge on any atom is 0.321 e. The molecule has 1 heterocycles. The molecule has 1 atom stereocenters. The summed E-state index contributed by atoms with van der Waals surface area (Å²) < 4.78 is 22.0. The number of para-hydroxylation sites is 2. The first-order valence-corrected chi connectivity index (χ1v) is 8.78. The molecule has 7 nitrogen and oxygen atoms in total. The normalized spacial score (nSPS) is 15.1. The van der Waals surface area contributed by atoms with Crippen molar-refractivity contribution in [1.82, 2.24) is 4.90 Å². The molecule has 0 aliphatic carbocycles. The Morgan fingerprint density at radius 2 is 1.89 bits per heavy atom. The Labute approximate surface area is 158 Å². The van der Waals surface area contributed by atoms with E-state index in [0.717, 1.165) is 11.5 Å². The quantitative estimate of drug-likeness (QED) is 0.757. The number of ether oxygens (including phenoxy) is 4. The van der Waals surface area contributed by atoms with E-state index in [1.807, 2.05) is 24.3 Å². The van der Waals surface area contributed by atoms with E-state index >= 15 is 0 Å². The molecular formula is C20H24N2O5. The van der Waals surface area contributed by atoms with Gasteiger partial charge in [0.2, 0.25) is 0 Å². The molecule has 2 aromatic carbocycles. The number of fused-ring (bicyclic) bond motifs is 1. The van der Waals surface area contributed by atoms with Gasteiger partial charge < -0.3 is 29.2 Å². The Balaban J connectivity index is 1.48. The van der Waals surface area contributed by atoms with Gasteiger partial charge in [-0.25, -0.2) is 4.79 Å².